The first kappa shape index (κ1) is 21.7. The first-order valence-electron chi connectivity index (χ1n) is 10.9. The maximum absolute atomic E-state index is 13.3. The largest absolute Gasteiger partial charge is 0.508 e. The lowest BCUT2D eigenvalue weighted by Gasteiger charge is -2.09. The van der Waals surface area contributed by atoms with Gasteiger partial charge in [0, 0.05) is 22.0 Å². The quantitative estimate of drug-likeness (QED) is 0.412. The summed E-state index contributed by atoms with van der Waals surface area (Å²) in [6, 6.07) is 15.6. The number of methoxy groups -OCH3 is 1. The van der Waals surface area contributed by atoms with Gasteiger partial charge >= 0.3 is 0 Å². The minimum atomic E-state index is -0.400. The van der Waals surface area contributed by atoms with Crippen LogP contribution in [0.25, 0.3) is 11.0 Å². The smallest absolute Gasteiger partial charge is 0.261 e. The molecule has 0 radical (unpaired) electrons. The van der Waals surface area contributed by atoms with Crippen LogP contribution in [0.15, 0.2) is 57.9 Å². The number of hydrogen-bond donors (Lipinski definition) is 2. The molecule has 2 aromatic heterocycles. The van der Waals surface area contributed by atoms with Crippen LogP contribution in [-0.4, -0.2) is 18.1 Å². The average molecular weight is 472 g/mol. The number of aromatic hydroxyl groups is 1. The van der Waals surface area contributed by atoms with Crippen LogP contribution in [-0.2, 0) is 12.8 Å². The first-order chi connectivity index (χ1) is 16.6. The predicted molar refractivity (Wildman–Crippen MR) is 130 cm³/mol. The lowest BCUT2D eigenvalue weighted by Crippen LogP contribution is -2.21. The summed E-state index contributed by atoms with van der Waals surface area (Å²) in [5, 5.41) is 23.8. The number of phenolic OH excluding ortho intramolecular Hbond substituents is 1. The van der Waals surface area contributed by atoms with E-state index in [0.29, 0.717) is 33.0 Å². The molecule has 0 unspecified atom stereocenters. The van der Waals surface area contributed by atoms with E-state index >= 15 is 0 Å². The Bertz CT molecular complexity index is 1510. The number of aryl methyl sites for hydroxylation is 1. The number of amides is 1. The van der Waals surface area contributed by atoms with Gasteiger partial charge in [-0.1, -0.05) is 0 Å². The van der Waals surface area contributed by atoms with Crippen LogP contribution in [0.1, 0.15) is 39.2 Å². The zero-order valence-corrected chi connectivity index (χ0v) is 19.2. The molecule has 0 saturated heterocycles. The molecule has 0 bridgehead atoms. The Labute approximate surface area is 199 Å². The maximum Gasteiger partial charge on any atom is 0.261 e. The van der Waals surface area contributed by atoms with Crippen LogP contribution in [0.4, 0.5) is 10.7 Å². The number of anilines is 1. The molecule has 2 aromatic carbocycles. The molecule has 0 atom stereocenters. The number of hydrogen-bond acceptors (Lipinski definition) is 7. The molecule has 2 N–H and O–H groups in total. The van der Waals surface area contributed by atoms with Gasteiger partial charge in [-0.2, -0.15) is 5.26 Å². The van der Waals surface area contributed by atoms with Crippen molar-refractivity contribution >= 4 is 38.9 Å². The molecular formula is C26H21N3O4S. The van der Waals surface area contributed by atoms with Crippen LogP contribution < -0.4 is 15.6 Å². The number of thiophene rings is 1. The van der Waals surface area contributed by atoms with Crippen molar-refractivity contribution in [2.45, 2.75) is 25.7 Å². The normalized spacial score (nSPS) is 13.4. The van der Waals surface area contributed by atoms with E-state index in [1.54, 1.807) is 43.5 Å². The standard InChI is InChI=1S/C26H21N3O4S/c1-32-18-10-7-16(8-11-18)28-24(31)20-12-15-6-9-17(30)13-22(15)33-25(20)29-26-21(14-27)19-4-2-3-5-23(19)34-26/h6-13,30H,2-5H2,1H3,(H,28,31). The van der Waals surface area contributed by atoms with Gasteiger partial charge in [-0.3, -0.25) is 4.79 Å². The number of fused-ring (bicyclic) bond motifs is 2. The summed E-state index contributed by atoms with van der Waals surface area (Å²) in [7, 11) is 1.58. The van der Waals surface area contributed by atoms with Crippen LogP contribution in [0.3, 0.4) is 0 Å². The van der Waals surface area contributed by atoms with Crippen molar-refractivity contribution in [1.82, 2.24) is 0 Å². The molecule has 8 heteroatoms. The summed E-state index contributed by atoms with van der Waals surface area (Å²) < 4.78 is 11.2. The second-order valence-electron chi connectivity index (χ2n) is 7.98. The van der Waals surface area contributed by atoms with Gasteiger partial charge in [-0.15, -0.1) is 11.3 Å². The predicted octanol–water partition coefficient (Wildman–Crippen LogP) is 5.44. The number of ether oxygens (including phenoxy) is 1. The number of carbonyl (C=O) groups excluding carboxylic acids is 1. The molecule has 170 valence electrons. The molecule has 7 nitrogen and oxygen atoms in total. The van der Waals surface area contributed by atoms with Crippen LogP contribution in [0, 0.1) is 11.3 Å². The highest BCUT2D eigenvalue weighted by atomic mass is 32.1. The van der Waals surface area contributed by atoms with Crippen molar-refractivity contribution in [2.24, 2.45) is 4.99 Å². The molecule has 1 amide bonds. The van der Waals surface area contributed by atoms with E-state index in [4.69, 9.17) is 9.15 Å². The molecule has 34 heavy (non-hydrogen) atoms. The highest BCUT2D eigenvalue weighted by Gasteiger charge is 2.21. The van der Waals surface area contributed by atoms with E-state index in [2.05, 4.69) is 16.4 Å². The lowest BCUT2D eigenvalue weighted by atomic mass is 9.96. The SMILES string of the molecule is COc1ccc(NC(=O)c2cc3ccc(O)cc3oc2=Nc2sc3c(c2C#N)CCCC3)cc1. The molecule has 1 aliphatic carbocycles. The molecule has 0 saturated carbocycles. The molecular weight excluding hydrogens is 450 g/mol. The van der Waals surface area contributed by atoms with Crippen molar-refractivity contribution in [3.05, 3.63) is 75.7 Å². The van der Waals surface area contributed by atoms with E-state index in [0.717, 1.165) is 31.2 Å². The van der Waals surface area contributed by atoms with Gasteiger partial charge in [0.15, 0.2) is 0 Å². The number of rotatable bonds is 4. The zero-order valence-electron chi connectivity index (χ0n) is 18.4. The third-order valence-electron chi connectivity index (χ3n) is 5.79. The highest BCUT2D eigenvalue weighted by Crippen LogP contribution is 2.39. The van der Waals surface area contributed by atoms with Crippen molar-refractivity contribution in [2.75, 3.05) is 12.4 Å². The van der Waals surface area contributed by atoms with Gasteiger partial charge in [-0.25, -0.2) is 4.99 Å². The summed E-state index contributed by atoms with van der Waals surface area (Å²) in [6.07, 6.45) is 3.93. The van der Waals surface area contributed by atoms with Gasteiger partial charge in [0.1, 0.15) is 33.7 Å². The van der Waals surface area contributed by atoms with Crippen LogP contribution in [0.5, 0.6) is 11.5 Å². The van der Waals surface area contributed by atoms with Crippen molar-refractivity contribution < 1.29 is 19.1 Å². The van der Waals surface area contributed by atoms with Crippen molar-refractivity contribution in [3.63, 3.8) is 0 Å². The number of phenols is 1. The Morgan fingerprint density at radius 3 is 2.74 bits per heavy atom. The van der Waals surface area contributed by atoms with Gasteiger partial charge in [-0.05, 0) is 73.7 Å². The van der Waals surface area contributed by atoms with Crippen molar-refractivity contribution in [1.29, 1.82) is 5.26 Å². The number of carbonyl (C=O) groups is 1. The minimum Gasteiger partial charge on any atom is -0.508 e. The third-order valence-corrected chi connectivity index (χ3v) is 6.98. The topological polar surface area (TPSA) is 108 Å². The Balaban J connectivity index is 1.64. The van der Waals surface area contributed by atoms with E-state index in [-0.39, 0.29) is 16.9 Å². The summed E-state index contributed by atoms with van der Waals surface area (Å²) in [4.78, 5) is 19.1. The maximum atomic E-state index is 13.3. The number of benzene rings is 2. The average Bonchev–Trinajstić information content (AvgIpc) is 3.20. The van der Waals surface area contributed by atoms with Gasteiger partial charge in [0.2, 0.25) is 5.55 Å². The van der Waals surface area contributed by atoms with Crippen LogP contribution in [0.2, 0.25) is 0 Å². The highest BCUT2D eigenvalue weighted by molar-refractivity contribution is 7.16. The van der Waals surface area contributed by atoms with E-state index in [1.807, 2.05) is 0 Å². The van der Waals surface area contributed by atoms with E-state index in [9.17, 15) is 15.2 Å². The molecule has 4 aromatic rings. The number of nitriles is 1. The Hall–Kier alpha value is -4.09. The summed E-state index contributed by atoms with van der Waals surface area (Å²) in [6.45, 7) is 0. The van der Waals surface area contributed by atoms with E-state index in [1.165, 1.54) is 28.3 Å². The fourth-order valence-corrected chi connectivity index (χ4v) is 5.27. The Morgan fingerprint density at radius 2 is 1.97 bits per heavy atom. The third kappa shape index (κ3) is 4.14. The van der Waals surface area contributed by atoms with Crippen LogP contribution >= 0.6 is 11.3 Å². The van der Waals surface area contributed by atoms with Gasteiger partial charge < -0.3 is 19.6 Å². The second kappa shape index (κ2) is 9.04. The van der Waals surface area contributed by atoms with Crippen molar-refractivity contribution in [3.8, 4) is 17.6 Å². The molecule has 0 spiro atoms. The second-order valence-corrected chi connectivity index (χ2v) is 9.07. The first-order valence-corrected chi connectivity index (χ1v) is 11.7. The summed E-state index contributed by atoms with van der Waals surface area (Å²) in [5.41, 5.74) is 2.89. The molecule has 2 heterocycles. The molecule has 0 aliphatic heterocycles. The van der Waals surface area contributed by atoms with Gasteiger partial charge in [0.25, 0.3) is 5.91 Å². The summed E-state index contributed by atoms with van der Waals surface area (Å²) >= 11 is 1.47. The zero-order chi connectivity index (χ0) is 23.7. The number of nitrogens with one attached hydrogen (secondary N) is 1. The fourth-order valence-electron chi connectivity index (χ4n) is 4.06. The molecule has 5 rings (SSSR count). The number of nitrogens with zero attached hydrogens (tertiary/aromatic N) is 2. The van der Waals surface area contributed by atoms with E-state index < -0.39 is 5.91 Å². The monoisotopic (exact) mass is 471 g/mol. The molecule has 1 aliphatic rings. The molecule has 0 fully saturated rings. The lowest BCUT2D eigenvalue weighted by molar-refractivity contribution is 0.102. The van der Waals surface area contributed by atoms with Gasteiger partial charge in [0.05, 0.1) is 12.7 Å². The summed E-state index contributed by atoms with van der Waals surface area (Å²) in [5.74, 6) is 0.323. The Kier molecular flexibility index (Phi) is 5.78. The Morgan fingerprint density at radius 1 is 1.18 bits per heavy atom. The fraction of sp³-hybridized carbons (Fsp3) is 0.192. The minimum absolute atomic E-state index is 0.0435.